The molecule has 0 aliphatic carbocycles. The molecule has 0 spiro atoms. The average molecular weight is 323 g/mol. The van der Waals surface area contributed by atoms with Crippen molar-refractivity contribution in [2.24, 2.45) is 5.41 Å². The largest absolute Gasteiger partial charge is 0.465 e. The zero-order chi connectivity index (χ0) is 17.2. The van der Waals surface area contributed by atoms with Crippen molar-refractivity contribution in [2.75, 3.05) is 18.6 Å². The fourth-order valence-electron chi connectivity index (χ4n) is 3.40. The van der Waals surface area contributed by atoms with Crippen molar-refractivity contribution in [3.8, 4) is 0 Å². The van der Waals surface area contributed by atoms with Gasteiger partial charge in [0, 0.05) is 12.7 Å². The fraction of sp³-hybridized carbons (Fsp3) is 0.300. The van der Waals surface area contributed by atoms with Crippen LogP contribution in [0.4, 0.5) is 5.69 Å². The van der Waals surface area contributed by atoms with Crippen molar-refractivity contribution in [2.45, 2.75) is 19.8 Å². The first-order valence-corrected chi connectivity index (χ1v) is 8.15. The number of hydrogen-bond acceptors (Lipinski definition) is 3. The van der Waals surface area contributed by atoms with Crippen molar-refractivity contribution >= 4 is 17.6 Å². The van der Waals surface area contributed by atoms with Crippen LogP contribution < -0.4 is 4.90 Å². The molecule has 2 aromatic rings. The van der Waals surface area contributed by atoms with Crippen LogP contribution in [0.3, 0.4) is 0 Å². The molecule has 1 atom stereocenters. The van der Waals surface area contributed by atoms with Crippen molar-refractivity contribution in [3.63, 3.8) is 0 Å². The van der Waals surface area contributed by atoms with Gasteiger partial charge in [0.25, 0.3) is 0 Å². The Kier molecular flexibility index (Phi) is 4.38. The molecule has 0 aromatic heterocycles. The molecule has 124 valence electrons. The van der Waals surface area contributed by atoms with E-state index in [1.165, 1.54) is 0 Å². The first kappa shape index (κ1) is 16.2. The van der Waals surface area contributed by atoms with Crippen LogP contribution in [0.25, 0.3) is 0 Å². The smallest absolute Gasteiger partial charge is 0.322 e. The lowest BCUT2D eigenvalue weighted by Gasteiger charge is -2.39. The lowest BCUT2D eigenvalue weighted by atomic mass is 9.72. The molecule has 4 heteroatoms. The highest BCUT2D eigenvalue weighted by atomic mass is 16.5. The number of fused-ring (bicyclic) bond motifs is 1. The molecule has 0 saturated carbocycles. The van der Waals surface area contributed by atoms with Crippen molar-refractivity contribution in [1.29, 1.82) is 0 Å². The molecule has 1 amide bonds. The third-order valence-electron chi connectivity index (χ3n) is 4.57. The molecule has 4 nitrogen and oxygen atoms in total. The summed E-state index contributed by atoms with van der Waals surface area (Å²) in [6.07, 6.45) is 0.699. The van der Waals surface area contributed by atoms with Crippen LogP contribution in [0.2, 0.25) is 0 Å². The normalized spacial score (nSPS) is 19.8. The van der Waals surface area contributed by atoms with Gasteiger partial charge in [-0.15, -0.1) is 0 Å². The summed E-state index contributed by atoms with van der Waals surface area (Å²) >= 11 is 0. The third-order valence-corrected chi connectivity index (χ3v) is 4.57. The summed E-state index contributed by atoms with van der Waals surface area (Å²) in [4.78, 5) is 27.6. The van der Waals surface area contributed by atoms with Gasteiger partial charge in [0.15, 0.2) is 5.41 Å². The predicted octanol–water partition coefficient (Wildman–Crippen LogP) is 3.00. The molecule has 0 saturated heterocycles. The summed E-state index contributed by atoms with van der Waals surface area (Å²) in [7, 11) is 1.72. The van der Waals surface area contributed by atoms with Gasteiger partial charge in [-0.3, -0.25) is 9.59 Å². The average Bonchev–Trinajstić information content (AvgIpc) is 2.60. The number of amides is 1. The van der Waals surface area contributed by atoms with Crippen LogP contribution >= 0.6 is 0 Å². The van der Waals surface area contributed by atoms with E-state index >= 15 is 0 Å². The van der Waals surface area contributed by atoms with E-state index in [2.05, 4.69) is 0 Å². The van der Waals surface area contributed by atoms with E-state index < -0.39 is 11.4 Å². The van der Waals surface area contributed by atoms with Crippen molar-refractivity contribution in [1.82, 2.24) is 0 Å². The van der Waals surface area contributed by atoms with E-state index in [-0.39, 0.29) is 12.5 Å². The lowest BCUT2D eigenvalue weighted by Crippen LogP contribution is -2.54. The number of benzene rings is 2. The van der Waals surface area contributed by atoms with Crippen LogP contribution in [0.5, 0.6) is 0 Å². The van der Waals surface area contributed by atoms with Gasteiger partial charge in [-0.05, 0) is 37.0 Å². The topological polar surface area (TPSA) is 46.6 Å². The Balaban J connectivity index is 2.08. The van der Waals surface area contributed by atoms with Gasteiger partial charge in [0.05, 0.1) is 6.61 Å². The van der Waals surface area contributed by atoms with Gasteiger partial charge < -0.3 is 9.64 Å². The number of carbonyl (C=O) groups is 2. The third kappa shape index (κ3) is 2.68. The standard InChI is InChI=1S/C20H21NO3/c1-3-24-19(23)20(13-15-9-5-4-6-10-15)14-16-11-7-8-12-17(16)21(2)18(20)22/h4-12H,3,13-14H2,1-2H3/t20-/m1/s1. The Morgan fingerprint density at radius 2 is 1.79 bits per heavy atom. The molecule has 1 heterocycles. The molecule has 2 aromatic carbocycles. The van der Waals surface area contributed by atoms with Gasteiger partial charge in [-0.1, -0.05) is 48.5 Å². The summed E-state index contributed by atoms with van der Waals surface area (Å²) in [6, 6.07) is 17.3. The van der Waals surface area contributed by atoms with Gasteiger partial charge in [-0.2, -0.15) is 0 Å². The second kappa shape index (κ2) is 6.48. The molecule has 0 N–H and O–H groups in total. The van der Waals surface area contributed by atoms with Gasteiger partial charge >= 0.3 is 5.97 Å². The number of nitrogens with zero attached hydrogens (tertiary/aromatic N) is 1. The number of hydrogen-bond donors (Lipinski definition) is 0. The van der Waals surface area contributed by atoms with Crippen LogP contribution in [0.15, 0.2) is 54.6 Å². The summed E-state index contributed by atoms with van der Waals surface area (Å²) in [6.45, 7) is 2.02. The Morgan fingerprint density at radius 3 is 2.50 bits per heavy atom. The van der Waals surface area contributed by atoms with E-state index in [0.717, 1.165) is 16.8 Å². The van der Waals surface area contributed by atoms with Crippen molar-refractivity contribution in [3.05, 3.63) is 65.7 Å². The fourth-order valence-corrected chi connectivity index (χ4v) is 3.40. The van der Waals surface area contributed by atoms with Gasteiger partial charge in [0.2, 0.25) is 5.91 Å². The van der Waals surface area contributed by atoms with E-state index in [1.54, 1.807) is 18.9 Å². The molecule has 0 bridgehead atoms. The quantitative estimate of drug-likeness (QED) is 0.642. The van der Waals surface area contributed by atoms with E-state index in [1.807, 2.05) is 54.6 Å². The maximum atomic E-state index is 13.2. The summed E-state index contributed by atoms with van der Waals surface area (Å²) in [5.74, 6) is -0.649. The maximum absolute atomic E-state index is 13.2. The number of carbonyl (C=O) groups excluding carboxylic acids is 2. The van der Waals surface area contributed by atoms with E-state index in [0.29, 0.717) is 12.8 Å². The van der Waals surface area contributed by atoms with Crippen LogP contribution in [0.1, 0.15) is 18.1 Å². The zero-order valence-corrected chi connectivity index (χ0v) is 14.0. The number of para-hydroxylation sites is 1. The summed E-state index contributed by atoms with van der Waals surface area (Å²) in [5.41, 5.74) is 1.59. The van der Waals surface area contributed by atoms with Gasteiger partial charge in [-0.25, -0.2) is 0 Å². The van der Waals surface area contributed by atoms with Gasteiger partial charge in [0.1, 0.15) is 0 Å². The Bertz CT molecular complexity index is 756. The Labute approximate surface area is 142 Å². The molecular formula is C20H21NO3. The number of esters is 1. The lowest BCUT2D eigenvalue weighted by molar-refractivity contribution is -0.160. The Hall–Kier alpha value is -2.62. The summed E-state index contributed by atoms with van der Waals surface area (Å²) in [5, 5.41) is 0. The highest BCUT2D eigenvalue weighted by molar-refractivity contribution is 6.12. The first-order valence-electron chi connectivity index (χ1n) is 8.15. The predicted molar refractivity (Wildman–Crippen MR) is 92.8 cm³/mol. The number of ether oxygens (including phenoxy) is 1. The highest BCUT2D eigenvalue weighted by Crippen LogP contribution is 2.40. The molecule has 3 rings (SSSR count). The molecule has 0 radical (unpaired) electrons. The monoisotopic (exact) mass is 323 g/mol. The molecule has 0 fully saturated rings. The highest BCUT2D eigenvalue weighted by Gasteiger charge is 2.52. The number of anilines is 1. The van der Waals surface area contributed by atoms with Crippen LogP contribution in [-0.2, 0) is 27.2 Å². The van der Waals surface area contributed by atoms with Crippen LogP contribution in [0, 0.1) is 5.41 Å². The SMILES string of the molecule is CCOC(=O)[C@]1(Cc2ccccc2)Cc2ccccc2N(C)C1=O. The second-order valence-corrected chi connectivity index (χ2v) is 6.13. The minimum Gasteiger partial charge on any atom is -0.465 e. The zero-order valence-electron chi connectivity index (χ0n) is 14.0. The van der Waals surface area contributed by atoms with Crippen LogP contribution in [-0.4, -0.2) is 25.5 Å². The molecule has 24 heavy (non-hydrogen) atoms. The molecule has 0 unspecified atom stereocenters. The molecule has 1 aliphatic rings. The number of rotatable bonds is 4. The maximum Gasteiger partial charge on any atom is 0.322 e. The van der Waals surface area contributed by atoms with Crippen molar-refractivity contribution < 1.29 is 14.3 Å². The molecular weight excluding hydrogens is 302 g/mol. The minimum atomic E-state index is -1.21. The summed E-state index contributed by atoms with van der Waals surface area (Å²) < 4.78 is 5.30. The Morgan fingerprint density at radius 1 is 1.12 bits per heavy atom. The minimum absolute atomic E-state index is 0.205. The second-order valence-electron chi connectivity index (χ2n) is 6.13. The first-order chi connectivity index (χ1) is 11.6. The van der Waals surface area contributed by atoms with E-state index in [4.69, 9.17) is 4.74 Å². The molecule has 1 aliphatic heterocycles. The van der Waals surface area contributed by atoms with E-state index in [9.17, 15) is 9.59 Å².